The molecular formula is C32H36F4N4O4S. The number of hydrogen-bond acceptors (Lipinski definition) is 9. The van der Waals surface area contributed by atoms with Gasteiger partial charge in [-0.3, -0.25) is 9.97 Å². The van der Waals surface area contributed by atoms with Crippen molar-refractivity contribution in [3.63, 3.8) is 0 Å². The lowest BCUT2D eigenvalue weighted by Gasteiger charge is -2.35. The molecule has 0 fully saturated rings. The summed E-state index contributed by atoms with van der Waals surface area (Å²) in [5.41, 5.74) is 3.68. The van der Waals surface area contributed by atoms with Gasteiger partial charge in [-0.05, 0) is 43.2 Å². The van der Waals surface area contributed by atoms with Crippen LogP contribution in [0.4, 0.5) is 28.9 Å². The average molecular weight is 649 g/mol. The molecule has 1 N–H and O–H groups in total. The van der Waals surface area contributed by atoms with Crippen molar-refractivity contribution >= 4 is 22.7 Å². The van der Waals surface area contributed by atoms with E-state index in [1.165, 1.54) is 23.5 Å². The number of alkyl halides is 4. The van der Waals surface area contributed by atoms with Crippen LogP contribution in [0, 0.1) is 0 Å². The molecule has 45 heavy (non-hydrogen) atoms. The van der Waals surface area contributed by atoms with Crippen LogP contribution in [0.2, 0.25) is 0 Å². The maximum absolute atomic E-state index is 13.2. The van der Waals surface area contributed by atoms with E-state index in [-0.39, 0.29) is 23.0 Å². The van der Waals surface area contributed by atoms with Crippen LogP contribution in [-0.2, 0) is 6.54 Å². The number of nitrogens with zero attached hydrogens (tertiary/aromatic N) is 3. The Bertz CT molecular complexity index is 1430. The van der Waals surface area contributed by atoms with Crippen molar-refractivity contribution in [3.05, 3.63) is 83.1 Å². The Hall–Kier alpha value is -4.26. The highest BCUT2D eigenvalue weighted by Gasteiger charge is 2.25. The molecule has 0 aliphatic heterocycles. The fourth-order valence-corrected chi connectivity index (χ4v) is 4.99. The molecular weight excluding hydrogens is 612 g/mol. The molecule has 0 aliphatic rings. The van der Waals surface area contributed by atoms with Crippen molar-refractivity contribution in [3.8, 4) is 23.0 Å². The predicted octanol–water partition coefficient (Wildman–Crippen LogP) is 8.92. The van der Waals surface area contributed by atoms with Crippen LogP contribution in [-0.4, -0.2) is 36.4 Å². The molecule has 4 aromatic rings. The highest BCUT2D eigenvalue weighted by Crippen LogP contribution is 2.39. The van der Waals surface area contributed by atoms with Crippen LogP contribution in [0.15, 0.2) is 72.6 Å². The number of aromatic nitrogens is 2. The molecule has 4 rings (SSSR count). The number of ether oxygens (including phenoxy) is 4. The van der Waals surface area contributed by atoms with Crippen LogP contribution < -0.4 is 29.2 Å². The maximum atomic E-state index is 13.2. The summed E-state index contributed by atoms with van der Waals surface area (Å²) in [6.07, 6.45) is 7.72. The van der Waals surface area contributed by atoms with Gasteiger partial charge in [0.05, 0.1) is 25.3 Å². The van der Waals surface area contributed by atoms with Crippen molar-refractivity contribution in [1.29, 1.82) is 0 Å². The van der Waals surface area contributed by atoms with Crippen LogP contribution >= 0.6 is 11.3 Å². The van der Waals surface area contributed by atoms with E-state index in [9.17, 15) is 17.6 Å². The summed E-state index contributed by atoms with van der Waals surface area (Å²) in [6, 6.07) is 13.2. The molecule has 13 heteroatoms. The molecule has 2 aromatic carbocycles. The second kappa shape index (κ2) is 17.3. The van der Waals surface area contributed by atoms with Gasteiger partial charge < -0.3 is 29.2 Å². The molecule has 1 atom stereocenters. The van der Waals surface area contributed by atoms with E-state index in [1.54, 1.807) is 54.4 Å². The summed E-state index contributed by atoms with van der Waals surface area (Å²) < 4.78 is 74.0. The third-order valence-electron chi connectivity index (χ3n) is 6.57. The molecule has 242 valence electrons. The topological polar surface area (TPSA) is 78.0 Å². The molecule has 0 bridgehead atoms. The van der Waals surface area contributed by atoms with E-state index < -0.39 is 19.4 Å². The minimum absolute atomic E-state index is 0.0723. The first-order chi connectivity index (χ1) is 21.9. The minimum atomic E-state index is -3.02. The van der Waals surface area contributed by atoms with Crippen molar-refractivity contribution < 1.29 is 36.5 Å². The van der Waals surface area contributed by atoms with Gasteiger partial charge >= 0.3 is 13.2 Å². The molecule has 0 aliphatic carbocycles. The van der Waals surface area contributed by atoms with E-state index in [1.807, 2.05) is 24.8 Å². The number of hydrogen-bond donors (Lipinski definition) is 1. The van der Waals surface area contributed by atoms with Gasteiger partial charge in [-0.25, -0.2) is 0 Å². The first kappa shape index (κ1) is 33.6. The van der Waals surface area contributed by atoms with E-state index in [0.717, 1.165) is 36.1 Å². The lowest BCUT2D eigenvalue weighted by molar-refractivity contribution is -0.0521. The van der Waals surface area contributed by atoms with Gasteiger partial charge in [0.1, 0.15) is 6.17 Å². The van der Waals surface area contributed by atoms with E-state index >= 15 is 0 Å². The van der Waals surface area contributed by atoms with E-state index in [0.29, 0.717) is 31.1 Å². The van der Waals surface area contributed by atoms with Gasteiger partial charge in [-0.2, -0.15) is 17.6 Å². The van der Waals surface area contributed by atoms with Gasteiger partial charge in [0.2, 0.25) is 0 Å². The van der Waals surface area contributed by atoms with Crippen molar-refractivity contribution in [2.24, 2.45) is 0 Å². The molecule has 0 spiro atoms. The second-order valence-corrected chi connectivity index (χ2v) is 10.9. The summed E-state index contributed by atoms with van der Waals surface area (Å²) in [6.45, 7) is -1.00. The highest BCUT2D eigenvalue weighted by atomic mass is 32.1. The molecule has 0 saturated heterocycles. The number of halogens is 4. The van der Waals surface area contributed by atoms with Crippen LogP contribution in [0.1, 0.15) is 56.1 Å². The molecule has 2 aromatic heterocycles. The number of unbranched alkanes of at least 4 members (excludes halogenated alkanes) is 2. The Labute approximate surface area is 263 Å². The van der Waals surface area contributed by atoms with E-state index in [2.05, 4.69) is 15.3 Å². The smallest absolute Gasteiger partial charge is 0.387 e. The zero-order valence-electron chi connectivity index (χ0n) is 25.0. The van der Waals surface area contributed by atoms with Gasteiger partial charge in [-0.1, -0.05) is 32.8 Å². The third kappa shape index (κ3) is 10.1. The molecule has 0 radical (unpaired) electrons. The molecule has 2 heterocycles. The largest absolute Gasteiger partial charge is 0.490 e. The summed E-state index contributed by atoms with van der Waals surface area (Å²) in [5.74, 6) is 0.208. The fourth-order valence-electron chi connectivity index (χ4n) is 4.39. The Morgan fingerprint density at radius 2 is 1.47 bits per heavy atom. The fraction of sp³-hybridized carbons (Fsp3) is 0.375. The first-order valence-corrected chi connectivity index (χ1v) is 15.5. The van der Waals surface area contributed by atoms with Crippen LogP contribution in [0.5, 0.6) is 23.0 Å². The average Bonchev–Trinajstić information content (AvgIpc) is 3.54. The second-order valence-electron chi connectivity index (χ2n) is 9.88. The normalized spacial score (nSPS) is 11.8. The molecule has 0 saturated carbocycles. The van der Waals surface area contributed by atoms with Gasteiger partial charge in [-0.15, -0.1) is 11.3 Å². The predicted molar refractivity (Wildman–Crippen MR) is 166 cm³/mol. The Balaban J connectivity index is 1.78. The molecule has 1 unspecified atom stereocenters. The quantitative estimate of drug-likeness (QED) is 0.0614. The maximum Gasteiger partial charge on any atom is 0.387 e. The number of nitrogens with one attached hydrogen (secondary N) is 1. The third-order valence-corrected chi connectivity index (χ3v) is 7.33. The van der Waals surface area contributed by atoms with Gasteiger partial charge in [0.15, 0.2) is 23.0 Å². The summed E-state index contributed by atoms with van der Waals surface area (Å²) >= 11 is 1.46. The molecule has 0 amide bonds. The van der Waals surface area contributed by atoms with Crippen LogP contribution in [0.25, 0.3) is 0 Å². The Kier molecular flexibility index (Phi) is 12.9. The van der Waals surface area contributed by atoms with Gasteiger partial charge in [0, 0.05) is 52.5 Å². The Morgan fingerprint density at radius 3 is 2.04 bits per heavy atom. The number of thiazole rings is 1. The highest BCUT2D eigenvalue weighted by molar-refractivity contribution is 7.09. The lowest BCUT2D eigenvalue weighted by Crippen LogP contribution is -2.33. The van der Waals surface area contributed by atoms with Crippen molar-refractivity contribution in [2.45, 2.75) is 65.5 Å². The summed E-state index contributed by atoms with van der Waals surface area (Å²) in [7, 11) is 0. The zero-order chi connectivity index (χ0) is 32.0. The Morgan fingerprint density at radius 1 is 0.800 bits per heavy atom. The number of pyridine rings is 1. The van der Waals surface area contributed by atoms with Crippen molar-refractivity contribution in [2.75, 3.05) is 23.4 Å². The van der Waals surface area contributed by atoms with Crippen LogP contribution in [0.3, 0.4) is 0 Å². The molecule has 8 nitrogen and oxygen atoms in total. The SMILES string of the molecule is CCCCOc1cc(NC(c2cccnc2)N(Cc2cncs2)c2ccc(OC(F)F)c(OCCCC)c2)ccc1OC(F)F. The van der Waals surface area contributed by atoms with E-state index in [4.69, 9.17) is 18.9 Å². The number of benzene rings is 2. The first-order valence-electron chi connectivity index (χ1n) is 14.6. The number of anilines is 2. The zero-order valence-corrected chi connectivity index (χ0v) is 25.8. The van der Waals surface area contributed by atoms with Gasteiger partial charge in [0.25, 0.3) is 0 Å². The minimum Gasteiger partial charge on any atom is -0.490 e. The monoisotopic (exact) mass is 648 g/mol. The summed E-state index contributed by atoms with van der Waals surface area (Å²) in [5, 5.41) is 3.49. The lowest BCUT2D eigenvalue weighted by atomic mass is 10.1. The van der Waals surface area contributed by atoms with Crippen molar-refractivity contribution in [1.82, 2.24) is 9.97 Å². The summed E-state index contributed by atoms with van der Waals surface area (Å²) in [4.78, 5) is 11.5. The standard InChI is InChI=1S/C32H36F4N4O4S/c1-3-5-14-41-28-16-23(9-11-26(28)43-31(33)34)39-30(22-8-7-13-37-18-22)40(20-25-19-38-21-45-25)24-10-12-27(44-32(35)36)29(17-24)42-15-6-4-2/h7-13,16-19,21,30-32,39H,3-6,14-15,20H2,1-2H3. The number of rotatable bonds is 19.